The third-order valence-corrected chi connectivity index (χ3v) is 4.55. The van der Waals surface area contributed by atoms with Crippen molar-refractivity contribution in [3.63, 3.8) is 0 Å². The molecule has 1 aliphatic rings. The lowest BCUT2D eigenvalue weighted by Crippen LogP contribution is -2.40. The fourth-order valence-electron chi connectivity index (χ4n) is 2.21. The molecule has 5 heteroatoms. The Morgan fingerprint density at radius 1 is 1.38 bits per heavy atom. The number of carbonyl (C=O) groups is 1. The number of carbonyl (C=O) groups excluding carboxylic acids is 1. The zero-order valence-corrected chi connectivity index (χ0v) is 13.6. The summed E-state index contributed by atoms with van der Waals surface area (Å²) >= 11 is 1.81. The average molecular weight is 309 g/mol. The Morgan fingerprint density at radius 2 is 2.14 bits per heavy atom. The van der Waals surface area contributed by atoms with E-state index < -0.39 is 0 Å². The second-order valence-corrected chi connectivity index (χ2v) is 6.14. The van der Waals surface area contributed by atoms with Crippen molar-refractivity contribution in [3.05, 3.63) is 23.8 Å². The van der Waals surface area contributed by atoms with Crippen molar-refractivity contribution >= 4 is 17.7 Å². The molecule has 0 atom stereocenters. The van der Waals surface area contributed by atoms with Crippen molar-refractivity contribution in [2.24, 2.45) is 0 Å². The van der Waals surface area contributed by atoms with Crippen molar-refractivity contribution in [1.29, 1.82) is 0 Å². The summed E-state index contributed by atoms with van der Waals surface area (Å²) < 4.78 is 10.7. The fraction of sp³-hybridized carbons (Fsp3) is 0.562. The second kappa shape index (κ2) is 8.29. The van der Waals surface area contributed by atoms with Crippen molar-refractivity contribution in [1.82, 2.24) is 4.90 Å². The van der Waals surface area contributed by atoms with Crippen molar-refractivity contribution < 1.29 is 14.3 Å². The minimum Gasteiger partial charge on any atom is -0.496 e. The molecule has 0 saturated carbocycles. The molecule has 0 radical (unpaired) electrons. The van der Waals surface area contributed by atoms with Gasteiger partial charge in [-0.3, -0.25) is 4.79 Å². The number of hydrogen-bond donors (Lipinski definition) is 0. The Hall–Kier alpha value is -1.20. The van der Waals surface area contributed by atoms with Gasteiger partial charge in [0, 0.05) is 18.0 Å². The number of rotatable bonds is 6. The minimum absolute atomic E-state index is 0.0280. The zero-order valence-electron chi connectivity index (χ0n) is 12.8. The standard InChI is InChI=1S/C16H23NO3S/c1-3-4-11-21-13-5-6-14(15(12-13)19-2)16(18)17-7-9-20-10-8-17/h5-6,12H,3-4,7-11H2,1-2H3. The van der Waals surface area contributed by atoms with E-state index in [9.17, 15) is 4.79 Å². The highest BCUT2D eigenvalue weighted by molar-refractivity contribution is 7.99. The first-order valence-electron chi connectivity index (χ1n) is 7.44. The Labute approximate surface area is 130 Å². The highest BCUT2D eigenvalue weighted by Gasteiger charge is 2.21. The van der Waals surface area contributed by atoms with Crippen LogP contribution in [0.2, 0.25) is 0 Å². The number of methoxy groups -OCH3 is 1. The van der Waals surface area contributed by atoms with Gasteiger partial charge in [0.1, 0.15) is 5.75 Å². The van der Waals surface area contributed by atoms with Gasteiger partial charge in [0.05, 0.1) is 25.9 Å². The Morgan fingerprint density at radius 3 is 2.81 bits per heavy atom. The third kappa shape index (κ3) is 4.38. The number of morpholine rings is 1. The van der Waals surface area contributed by atoms with Crippen LogP contribution < -0.4 is 4.74 Å². The number of thioether (sulfide) groups is 1. The molecule has 1 amide bonds. The Balaban J connectivity index is 2.09. The summed E-state index contributed by atoms with van der Waals surface area (Å²) in [7, 11) is 1.62. The average Bonchev–Trinajstić information content (AvgIpc) is 2.55. The predicted octanol–water partition coefficient (Wildman–Crippen LogP) is 3.06. The van der Waals surface area contributed by atoms with Crippen molar-refractivity contribution in [2.75, 3.05) is 39.2 Å². The SMILES string of the molecule is CCCCSc1ccc(C(=O)N2CCOCC2)c(OC)c1. The van der Waals surface area contributed by atoms with E-state index >= 15 is 0 Å². The lowest BCUT2D eigenvalue weighted by molar-refractivity contribution is 0.0301. The minimum atomic E-state index is 0.0280. The number of nitrogens with zero attached hydrogens (tertiary/aromatic N) is 1. The van der Waals surface area contributed by atoms with Gasteiger partial charge in [0.2, 0.25) is 0 Å². The number of amides is 1. The molecule has 0 aromatic heterocycles. The molecule has 1 heterocycles. The smallest absolute Gasteiger partial charge is 0.257 e. The van der Waals surface area contributed by atoms with E-state index in [2.05, 4.69) is 6.92 Å². The summed E-state index contributed by atoms with van der Waals surface area (Å²) in [6.07, 6.45) is 2.39. The fourth-order valence-corrected chi connectivity index (χ4v) is 3.23. The van der Waals surface area contributed by atoms with Gasteiger partial charge in [-0.05, 0) is 30.4 Å². The van der Waals surface area contributed by atoms with E-state index in [0.29, 0.717) is 37.6 Å². The monoisotopic (exact) mass is 309 g/mol. The van der Waals surface area contributed by atoms with Crippen LogP contribution in [0.1, 0.15) is 30.1 Å². The van der Waals surface area contributed by atoms with Gasteiger partial charge in [-0.15, -0.1) is 11.8 Å². The second-order valence-electron chi connectivity index (χ2n) is 4.97. The van der Waals surface area contributed by atoms with Crippen LogP contribution in [0.5, 0.6) is 5.75 Å². The van der Waals surface area contributed by atoms with Gasteiger partial charge < -0.3 is 14.4 Å². The van der Waals surface area contributed by atoms with Crippen LogP contribution >= 0.6 is 11.8 Å². The summed E-state index contributed by atoms with van der Waals surface area (Å²) in [5.74, 6) is 1.78. The van der Waals surface area contributed by atoms with E-state index in [1.807, 2.05) is 23.1 Å². The largest absolute Gasteiger partial charge is 0.496 e. The maximum atomic E-state index is 12.5. The molecular weight excluding hydrogens is 286 g/mol. The summed E-state index contributed by atoms with van der Waals surface area (Å²) in [5.41, 5.74) is 0.638. The highest BCUT2D eigenvalue weighted by Crippen LogP contribution is 2.28. The van der Waals surface area contributed by atoms with Crippen molar-refractivity contribution in [2.45, 2.75) is 24.7 Å². The topological polar surface area (TPSA) is 38.8 Å². The maximum Gasteiger partial charge on any atom is 0.257 e. The molecular formula is C16H23NO3S. The molecule has 116 valence electrons. The van der Waals surface area contributed by atoms with Crippen LogP contribution in [-0.2, 0) is 4.74 Å². The lowest BCUT2D eigenvalue weighted by atomic mass is 10.1. The Bertz CT molecular complexity index is 473. The molecule has 1 aromatic carbocycles. The molecule has 2 rings (SSSR count). The van der Waals surface area contributed by atoms with Crippen LogP contribution in [0.25, 0.3) is 0 Å². The van der Waals surface area contributed by atoms with Crippen LogP contribution in [-0.4, -0.2) is 50.0 Å². The molecule has 0 unspecified atom stereocenters. The van der Waals surface area contributed by atoms with E-state index in [4.69, 9.17) is 9.47 Å². The zero-order chi connectivity index (χ0) is 15.1. The molecule has 4 nitrogen and oxygen atoms in total. The first-order valence-corrected chi connectivity index (χ1v) is 8.42. The van der Waals surface area contributed by atoms with Gasteiger partial charge in [-0.2, -0.15) is 0 Å². The molecule has 1 fully saturated rings. The molecule has 0 bridgehead atoms. The number of benzene rings is 1. The van der Waals surface area contributed by atoms with Crippen LogP contribution in [0.3, 0.4) is 0 Å². The number of ether oxygens (including phenoxy) is 2. The molecule has 0 N–H and O–H groups in total. The van der Waals surface area contributed by atoms with E-state index in [1.165, 1.54) is 12.8 Å². The summed E-state index contributed by atoms with van der Waals surface area (Å²) in [6, 6.07) is 5.86. The highest BCUT2D eigenvalue weighted by atomic mass is 32.2. The van der Waals surface area contributed by atoms with E-state index in [0.717, 1.165) is 10.6 Å². The molecule has 21 heavy (non-hydrogen) atoms. The van der Waals surface area contributed by atoms with Gasteiger partial charge in [0.25, 0.3) is 5.91 Å². The predicted molar refractivity (Wildman–Crippen MR) is 85.3 cm³/mol. The molecule has 1 aromatic rings. The van der Waals surface area contributed by atoms with E-state index in [1.54, 1.807) is 18.9 Å². The molecule has 0 spiro atoms. The van der Waals surface area contributed by atoms with Gasteiger partial charge >= 0.3 is 0 Å². The van der Waals surface area contributed by atoms with E-state index in [-0.39, 0.29) is 5.91 Å². The maximum absolute atomic E-state index is 12.5. The van der Waals surface area contributed by atoms with Gasteiger partial charge in [-0.25, -0.2) is 0 Å². The van der Waals surface area contributed by atoms with Crippen LogP contribution in [0.4, 0.5) is 0 Å². The lowest BCUT2D eigenvalue weighted by Gasteiger charge is -2.27. The number of hydrogen-bond acceptors (Lipinski definition) is 4. The Kier molecular flexibility index (Phi) is 6.39. The quantitative estimate of drug-likeness (QED) is 0.598. The first-order chi connectivity index (χ1) is 10.3. The molecule has 1 aliphatic heterocycles. The number of unbranched alkanes of at least 4 members (excludes halogenated alkanes) is 1. The summed E-state index contributed by atoms with van der Waals surface area (Å²) in [5, 5.41) is 0. The normalized spacial score (nSPS) is 15.0. The molecule has 0 aliphatic carbocycles. The molecule has 1 saturated heterocycles. The van der Waals surface area contributed by atoms with Gasteiger partial charge in [0.15, 0.2) is 0 Å². The van der Waals surface area contributed by atoms with Crippen molar-refractivity contribution in [3.8, 4) is 5.75 Å². The van der Waals surface area contributed by atoms with Gasteiger partial charge in [-0.1, -0.05) is 13.3 Å². The third-order valence-electron chi connectivity index (χ3n) is 3.47. The summed E-state index contributed by atoms with van der Waals surface area (Å²) in [6.45, 7) is 4.70. The summed E-state index contributed by atoms with van der Waals surface area (Å²) in [4.78, 5) is 15.5. The van der Waals surface area contributed by atoms with Crippen LogP contribution in [0.15, 0.2) is 23.1 Å². The van der Waals surface area contributed by atoms with Crippen LogP contribution in [0, 0.1) is 0 Å². The first kappa shape index (κ1) is 16.2.